The molecule has 5 nitrogen and oxygen atoms in total. The van der Waals surface area contributed by atoms with Crippen LogP contribution in [0.15, 0.2) is 53.7 Å². The van der Waals surface area contributed by atoms with Gasteiger partial charge in [0.15, 0.2) is 0 Å². The third-order valence-corrected chi connectivity index (χ3v) is 2.53. The molecule has 2 rings (SSSR count). The van der Waals surface area contributed by atoms with Crippen molar-refractivity contribution in [1.82, 2.24) is 0 Å². The van der Waals surface area contributed by atoms with Gasteiger partial charge in [-0.2, -0.15) is 4.91 Å². The monoisotopic (exact) mass is 256 g/mol. The number of rotatable bonds is 4. The van der Waals surface area contributed by atoms with Gasteiger partial charge in [-0.05, 0) is 42.0 Å². The zero-order valence-corrected chi connectivity index (χ0v) is 10.1. The molecule has 0 amide bonds. The van der Waals surface area contributed by atoms with Crippen molar-refractivity contribution in [1.29, 1.82) is 0 Å². The number of benzene rings is 2. The van der Waals surface area contributed by atoms with Crippen molar-refractivity contribution >= 4 is 11.7 Å². The molecule has 0 radical (unpaired) electrons. The van der Waals surface area contributed by atoms with Gasteiger partial charge in [-0.3, -0.25) is 0 Å². The van der Waals surface area contributed by atoms with Crippen LogP contribution in [0.25, 0.3) is 0 Å². The van der Waals surface area contributed by atoms with Gasteiger partial charge in [0.25, 0.3) is 0 Å². The second-order valence-corrected chi connectivity index (χ2v) is 3.94. The molecule has 0 aromatic heterocycles. The van der Waals surface area contributed by atoms with E-state index >= 15 is 0 Å². The quantitative estimate of drug-likeness (QED) is 0.394. The standard InChI is InChI=1S/C14H12N2O3/c15-12-5-7-13(8-6-12)19-14(17)11-3-1-10(2-4-11)9-16-18/h1-8H,9,15H2. The molecule has 0 fully saturated rings. The van der Waals surface area contributed by atoms with Crippen LogP contribution in [0, 0.1) is 4.91 Å². The van der Waals surface area contributed by atoms with Crippen molar-refractivity contribution in [2.75, 3.05) is 5.73 Å². The second kappa shape index (κ2) is 5.77. The molecule has 0 aliphatic carbocycles. The van der Waals surface area contributed by atoms with E-state index in [1.807, 2.05) is 0 Å². The molecule has 0 saturated heterocycles. The summed E-state index contributed by atoms with van der Waals surface area (Å²) < 4.78 is 5.18. The molecule has 0 bridgehead atoms. The van der Waals surface area contributed by atoms with Crippen molar-refractivity contribution in [2.24, 2.45) is 5.18 Å². The first kappa shape index (κ1) is 12.8. The van der Waals surface area contributed by atoms with Gasteiger partial charge in [-0.25, -0.2) is 4.79 Å². The number of nitrogens with zero attached hydrogens (tertiary/aromatic N) is 1. The number of ether oxygens (including phenoxy) is 1. The van der Waals surface area contributed by atoms with E-state index in [9.17, 15) is 9.70 Å². The number of hydrogen-bond donors (Lipinski definition) is 1. The number of nitrogen functional groups attached to an aromatic ring is 1. The lowest BCUT2D eigenvalue weighted by Gasteiger charge is -2.05. The molecule has 0 saturated carbocycles. The highest BCUT2D eigenvalue weighted by Gasteiger charge is 2.08. The molecular formula is C14H12N2O3. The summed E-state index contributed by atoms with van der Waals surface area (Å²) in [4.78, 5) is 21.9. The largest absolute Gasteiger partial charge is 0.423 e. The first-order valence-corrected chi connectivity index (χ1v) is 5.65. The highest BCUT2D eigenvalue weighted by molar-refractivity contribution is 5.91. The Hall–Kier alpha value is -2.69. The van der Waals surface area contributed by atoms with Crippen LogP contribution >= 0.6 is 0 Å². The Morgan fingerprint density at radius 3 is 2.26 bits per heavy atom. The van der Waals surface area contributed by atoms with Crippen LogP contribution in [-0.4, -0.2) is 5.97 Å². The molecule has 0 heterocycles. The minimum Gasteiger partial charge on any atom is -0.423 e. The fourth-order valence-electron chi connectivity index (χ4n) is 1.52. The third kappa shape index (κ3) is 3.38. The Morgan fingerprint density at radius 2 is 1.68 bits per heavy atom. The number of hydrogen-bond acceptors (Lipinski definition) is 5. The average Bonchev–Trinajstić information content (AvgIpc) is 2.42. The number of esters is 1. The van der Waals surface area contributed by atoms with Gasteiger partial charge in [0, 0.05) is 5.69 Å². The summed E-state index contributed by atoms with van der Waals surface area (Å²) in [5.74, 6) is -0.0341. The first-order chi connectivity index (χ1) is 9.19. The molecule has 0 aliphatic heterocycles. The van der Waals surface area contributed by atoms with Crippen LogP contribution in [0.4, 0.5) is 5.69 Å². The second-order valence-electron chi connectivity index (χ2n) is 3.94. The Labute approximate surface area is 110 Å². The smallest absolute Gasteiger partial charge is 0.343 e. The zero-order chi connectivity index (χ0) is 13.7. The van der Waals surface area contributed by atoms with Crippen LogP contribution in [0.5, 0.6) is 5.75 Å². The van der Waals surface area contributed by atoms with Crippen molar-refractivity contribution in [3.63, 3.8) is 0 Å². The summed E-state index contributed by atoms with van der Waals surface area (Å²) in [6.07, 6.45) is 0. The summed E-state index contributed by atoms with van der Waals surface area (Å²) in [5, 5.41) is 2.78. The van der Waals surface area contributed by atoms with Gasteiger partial charge in [-0.1, -0.05) is 17.3 Å². The van der Waals surface area contributed by atoms with E-state index < -0.39 is 5.97 Å². The molecular weight excluding hydrogens is 244 g/mol. The van der Waals surface area contributed by atoms with Gasteiger partial charge in [0.05, 0.1) is 5.56 Å². The predicted molar refractivity (Wildman–Crippen MR) is 71.8 cm³/mol. The summed E-state index contributed by atoms with van der Waals surface area (Å²) in [6, 6.07) is 13.1. The summed E-state index contributed by atoms with van der Waals surface area (Å²) in [5.41, 5.74) is 7.30. The third-order valence-electron chi connectivity index (χ3n) is 2.53. The van der Waals surface area contributed by atoms with Crippen molar-refractivity contribution < 1.29 is 9.53 Å². The Kier molecular flexibility index (Phi) is 3.87. The lowest BCUT2D eigenvalue weighted by molar-refractivity contribution is 0.0735. The van der Waals surface area contributed by atoms with E-state index in [-0.39, 0.29) is 6.54 Å². The Balaban J connectivity index is 2.07. The normalized spacial score (nSPS) is 9.89. The van der Waals surface area contributed by atoms with E-state index in [2.05, 4.69) is 5.18 Å². The number of carbonyl (C=O) groups is 1. The van der Waals surface area contributed by atoms with E-state index in [4.69, 9.17) is 10.5 Å². The van der Waals surface area contributed by atoms with E-state index in [0.29, 0.717) is 17.0 Å². The van der Waals surface area contributed by atoms with Gasteiger partial charge in [0.2, 0.25) is 0 Å². The Bertz CT molecular complexity index is 577. The van der Waals surface area contributed by atoms with Crippen molar-refractivity contribution in [3.05, 3.63) is 64.6 Å². The maximum Gasteiger partial charge on any atom is 0.343 e. The predicted octanol–water partition coefficient (Wildman–Crippen LogP) is 2.75. The number of anilines is 1. The molecule has 0 unspecified atom stereocenters. The van der Waals surface area contributed by atoms with Gasteiger partial charge < -0.3 is 10.5 Å². The van der Waals surface area contributed by atoms with Crippen LogP contribution < -0.4 is 10.5 Å². The maximum atomic E-state index is 11.8. The molecule has 96 valence electrons. The molecule has 19 heavy (non-hydrogen) atoms. The van der Waals surface area contributed by atoms with Crippen molar-refractivity contribution in [3.8, 4) is 5.75 Å². The molecule has 0 aliphatic rings. The highest BCUT2D eigenvalue weighted by atomic mass is 16.5. The number of nitroso groups, excluding NO2 is 1. The lowest BCUT2D eigenvalue weighted by atomic mass is 10.1. The molecule has 0 atom stereocenters. The minimum absolute atomic E-state index is 0.0906. The van der Waals surface area contributed by atoms with Crippen LogP contribution in [0.2, 0.25) is 0 Å². The summed E-state index contributed by atoms with van der Waals surface area (Å²) in [7, 11) is 0. The van der Waals surface area contributed by atoms with Crippen LogP contribution in [0.1, 0.15) is 15.9 Å². The van der Waals surface area contributed by atoms with E-state index in [1.54, 1.807) is 48.5 Å². The van der Waals surface area contributed by atoms with Crippen molar-refractivity contribution in [2.45, 2.75) is 6.54 Å². The van der Waals surface area contributed by atoms with E-state index in [0.717, 1.165) is 5.56 Å². The molecule has 5 heteroatoms. The minimum atomic E-state index is -0.463. The van der Waals surface area contributed by atoms with Gasteiger partial charge in [-0.15, -0.1) is 0 Å². The average molecular weight is 256 g/mol. The van der Waals surface area contributed by atoms with Crippen LogP contribution in [-0.2, 0) is 6.54 Å². The SMILES string of the molecule is Nc1ccc(OC(=O)c2ccc(CN=O)cc2)cc1. The maximum absolute atomic E-state index is 11.8. The zero-order valence-electron chi connectivity index (χ0n) is 10.1. The van der Waals surface area contributed by atoms with E-state index in [1.165, 1.54) is 0 Å². The topological polar surface area (TPSA) is 81.8 Å². The fraction of sp³-hybridized carbons (Fsp3) is 0.0714. The number of carbonyl (C=O) groups excluding carboxylic acids is 1. The van der Waals surface area contributed by atoms with Crippen LogP contribution in [0.3, 0.4) is 0 Å². The molecule has 2 aromatic carbocycles. The molecule has 0 spiro atoms. The first-order valence-electron chi connectivity index (χ1n) is 5.65. The Morgan fingerprint density at radius 1 is 1.05 bits per heavy atom. The summed E-state index contributed by atoms with van der Waals surface area (Å²) in [6.45, 7) is 0.0906. The highest BCUT2D eigenvalue weighted by Crippen LogP contribution is 2.15. The fourth-order valence-corrected chi connectivity index (χ4v) is 1.52. The molecule has 2 N–H and O–H groups in total. The lowest BCUT2D eigenvalue weighted by Crippen LogP contribution is -2.08. The number of nitrogens with two attached hydrogens (primary N) is 1. The van der Waals surface area contributed by atoms with Gasteiger partial charge >= 0.3 is 5.97 Å². The van der Waals surface area contributed by atoms with Gasteiger partial charge in [0.1, 0.15) is 12.3 Å². The summed E-state index contributed by atoms with van der Waals surface area (Å²) >= 11 is 0. The molecule has 2 aromatic rings.